The molecule has 2 aliphatic rings. The van der Waals surface area contributed by atoms with Crippen LogP contribution in [-0.2, 0) is 0 Å². The molecule has 3 heterocycles. The molecule has 0 amide bonds. The van der Waals surface area contributed by atoms with Crippen molar-refractivity contribution >= 4 is 16.9 Å². The van der Waals surface area contributed by atoms with E-state index in [0.29, 0.717) is 0 Å². The van der Waals surface area contributed by atoms with Gasteiger partial charge in [-0.3, -0.25) is 4.98 Å². The van der Waals surface area contributed by atoms with Crippen LogP contribution in [0.3, 0.4) is 0 Å². The van der Waals surface area contributed by atoms with Crippen molar-refractivity contribution in [3.63, 3.8) is 0 Å². The van der Waals surface area contributed by atoms with Gasteiger partial charge in [0.25, 0.3) is 0 Å². The Morgan fingerprint density at radius 3 is 1.60 bits per heavy atom. The van der Waals surface area contributed by atoms with Crippen LogP contribution >= 0.6 is 0 Å². The molecule has 8 aromatic rings. The van der Waals surface area contributed by atoms with E-state index in [9.17, 15) is 0 Å². The molecule has 0 saturated heterocycles. The van der Waals surface area contributed by atoms with Crippen LogP contribution < -0.4 is 10.2 Å². The Labute approximate surface area is 322 Å². The second-order valence-corrected chi connectivity index (χ2v) is 14.1. The summed E-state index contributed by atoms with van der Waals surface area (Å²) in [6.07, 6.45) is 10.6. The normalized spacial score (nSPS) is 14.1. The number of rotatable bonds is 7. The molecule has 1 aromatic heterocycles. The maximum Gasteiger partial charge on any atom is 0.123 e. The van der Waals surface area contributed by atoms with E-state index in [0.717, 1.165) is 33.6 Å². The lowest BCUT2D eigenvalue weighted by Crippen LogP contribution is -2.31. The van der Waals surface area contributed by atoms with Gasteiger partial charge >= 0.3 is 0 Å². The third-order valence-corrected chi connectivity index (χ3v) is 10.7. The van der Waals surface area contributed by atoms with Gasteiger partial charge in [-0.2, -0.15) is 0 Å². The number of nitrogens with zero attached hydrogens (tertiary/aromatic N) is 2. The highest BCUT2D eigenvalue weighted by molar-refractivity contribution is 6.03. The average Bonchev–Trinajstić information content (AvgIpc) is 3.65. The van der Waals surface area contributed by atoms with Crippen LogP contribution in [0.4, 0.5) is 11.4 Å². The fourth-order valence-electron chi connectivity index (χ4n) is 8.04. The first kappa shape index (κ1) is 32.4. The summed E-state index contributed by atoms with van der Waals surface area (Å²) in [5.74, 6) is 0. The maximum absolute atomic E-state index is 4.36. The molecule has 10 rings (SSSR count). The van der Waals surface area contributed by atoms with E-state index >= 15 is 0 Å². The first-order valence-corrected chi connectivity index (χ1v) is 18.8. The van der Waals surface area contributed by atoms with Gasteiger partial charge in [-0.15, -0.1) is 0 Å². The van der Waals surface area contributed by atoms with Crippen molar-refractivity contribution in [3.8, 4) is 66.8 Å². The molecule has 0 radical (unpaired) electrons. The summed E-state index contributed by atoms with van der Waals surface area (Å²) in [6, 6.07) is 65.5. The highest BCUT2D eigenvalue weighted by Crippen LogP contribution is 2.50. The zero-order valence-electron chi connectivity index (χ0n) is 30.2. The molecule has 260 valence electrons. The van der Waals surface area contributed by atoms with E-state index < -0.39 is 0 Å². The number of hydrogen-bond acceptors (Lipinski definition) is 3. The number of fused-ring (bicyclic) bond motifs is 3. The standard InChI is InChI=1S/C52H37N3/c1-5-15-36(16-6-1)44-30-46(37-17-7-2-8-18-37)51(47(31-44)38-19-9-3-10-20-38)45-32-48(39-21-11-4-12-22-39)52-49(33-45)55-35-43(26-27-50(55)54-52)41-24-13-23-40(29-41)42-25-14-28-53-34-42/h1-35,50,54H. The third kappa shape index (κ3) is 6.12. The fraction of sp³-hybridized carbons (Fsp3) is 0.0192. The SMILES string of the molecule is C1=CC2Nc3c(-c4ccccc4)cc(-c4c(-c5ccccc5)cc(-c5ccccc5)cc4-c4ccccc4)cc3N2C=C1c1cccc(-c2cccnc2)c1. The Hall–Kier alpha value is -7.23. The Morgan fingerprint density at radius 2 is 0.982 bits per heavy atom. The second kappa shape index (κ2) is 14.0. The quantitative estimate of drug-likeness (QED) is 0.179. The van der Waals surface area contributed by atoms with Crippen LogP contribution in [0.15, 0.2) is 213 Å². The van der Waals surface area contributed by atoms with Crippen molar-refractivity contribution in [2.45, 2.75) is 6.17 Å². The molecule has 1 N–H and O–H groups in total. The fourth-order valence-corrected chi connectivity index (χ4v) is 8.04. The topological polar surface area (TPSA) is 28.2 Å². The summed E-state index contributed by atoms with van der Waals surface area (Å²) in [6.45, 7) is 0. The zero-order valence-corrected chi connectivity index (χ0v) is 30.2. The molecule has 7 aromatic carbocycles. The van der Waals surface area contributed by atoms with Crippen molar-refractivity contribution in [3.05, 3.63) is 218 Å². The van der Waals surface area contributed by atoms with Crippen LogP contribution in [-0.4, -0.2) is 11.1 Å². The zero-order chi connectivity index (χ0) is 36.6. The van der Waals surface area contributed by atoms with Gasteiger partial charge in [0.05, 0.1) is 11.4 Å². The van der Waals surface area contributed by atoms with E-state index in [-0.39, 0.29) is 6.17 Å². The largest absolute Gasteiger partial charge is 0.359 e. The minimum atomic E-state index is -0.0133. The van der Waals surface area contributed by atoms with E-state index in [1.165, 1.54) is 55.6 Å². The Bertz CT molecular complexity index is 2640. The number of allylic oxidation sites excluding steroid dienone is 2. The molecule has 2 aliphatic heterocycles. The molecule has 1 atom stereocenters. The van der Waals surface area contributed by atoms with Crippen molar-refractivity contribution in [1.29, 1.82) is 0 Å². The van der Waals surface area contributed by atoms with Gasteiger partial charge in [0.2, 0.25) is 0 Å². The summed E-state index contributed by atoms with van der Waals surface area (Å²) < 4.78 is 0. The number of nitrogens with one attached hydrogen (secondary N) is 1. The van der Waals surface area contributed by atoms with Crippen LogP contribution in [0.5, 0.6) is 0 Å². The highest BCUT2D eigenvalue weighted by atomic mass is 15.3. The van der Waals surface area contributed by atoms with Gasteiger partial charge < -0.3 is 10.2 Å². The average molecular weight is 704 g/mol. The summed E-state index contributed by atoms with van der Waals surface area (Å²) in [4.78, 5) is 6.77. The Kier molecular flexibility index (Phi) is 8.23. The van der Waals surface area contributed by atoms with Gasteiger partial charge in [-0.1, -0.05) is 152 Å². The van der Waals surface area contributed by atoms with Gasteiger partial charge in [0, 0.05) is 29.7 Å². The number of anilines is 2. The molecule has 55 heavy (non-hydrogen) atoms. The molecule has 3 nitrogen and oxygen atoms in total. The van der Waals surface area contributed by atoms with Gasteiger partial charge in [0.1, 0.15) is 6.17 Å². The molecule has 3 heteroatoms. The maximum atomic E-state index is 4.36. The van der Waals surface area contributed by atoms with Crippen LogP contribution in [0, 0.1) is 0 Å². The lowest BCUT2D eigenvalue weighted by Gasteiger charge is -2.26. The molecule has 0 bridgehead atoms. The van der Waals surface area contributed by atoms with Gasteiger partial charge in [-0.25, -0.2) is 0 Å². The van der Waals surface area contributed by atoms with Crippen LogP contribution in [0.2, 0.25) is 0 Å². The first-order chi connectivity index (χ1) is 27.3. The molecule has 1 unspecified atom stereocenters. The predicted octanol–water partition coefficient (Wildman–Crippen LogP) is 13.3. The molecular formula is C52H37N3. The van der Waals surface area contributed by atoms with E-state index in [1.807, 2.05) is 18.5 Å². The van der Waals surface area contributed by atoms with Crippen molar-refractivity contribution in [2.75, 3.05) is 10.2 Å². The summed E-state index contributed by atoms with van der Waals surface area (Å²) in [7, 11) is 0. The number of hydrogen-bond donors (Lipinski definition) is 1. The summed E-state index contributed by atoms with van der Waals surface area (Å²) in [5.41, 5.74) is 18.7. The van der Waals surface area contributed by atoms with Gasteiger partial charge in [-0.05, 0) is 109 Å². The van der Waals surface area contributed by atoms with Crippen LogP contribution in [0.1, 0.15) is 5.56 Å². The monoisotopic (exact) mass is 703 g/mol. The van der Waals surface area contributed by atoms with E-state index in [1.54, 1.807) is 0 Å². The Balaban J connectivity index is 1.20. The minimum absolute atomic E-state index is 0.0133. The first-order valence-electron chi connectivity index (χ1n) is 18.8. The molecule has 0 spiro atoms. The molecule has 0 fully saturated rings. The highest BCUT2D eigenvalue weighted by Gasteiger charge is 2.32. The summed E-state index contributed by atoms with van der Waals surface area (Å²) in [5, 5.41) is 3.90. The predicted molar refractivity (Wildman–Crippen MR) is 230 cm³/mol. The summed E-state index contributed by atoms with van der Waals surface area (Å²) >= 11 is 0. The second-order valence-electron chi connectivity index (χ2n) is 14.1. The lowest BCUT2D eigenvalue weighted by atomic mass is 9.83. The smallest absolute Gasteiger partial charge is 0.123 e. The van der Waals surface area contributed by atoms with Crippen molar-refractivity contribution in [1.82, 2.24) is 4.98 Å². The minimum Gasteiger partial charge on any atom is -0.359 e. The van der Waals surface area contributed by atoms with E-state index in [2.05, 4.69) is 209 Å². The van der Waals surface area contributed by atoms with Crippen LogP contribution in [0.25, 0.3) is 72.3 Å². The molecule has 0 saturated carbocycles. The van der Waals surface area contributed by atoms with Crippen molar-refractivity contribution < 1.29 is 0 Å². The van der Waals surface area contributed by atoms with Gasteiger partial charge in [0.15, 0.2) is 0 Å². The molecular weight excluding hydrogens is 667 g/mol. The molecule has 0 aliphatic carbocycles. The third-order valence-electron chi connectivity index (χ3n) is 10.7. The Morgan fingerprint density at radius 1 is 0.436 bits per heavy atom. The van der Waals surface area contributed by atoms with Crippen molar-refractivity contribution in [2.24, 2.45) is 0 Å². The number of aromatic nitrogens is 1. The number of benzene rings is 7. The number of pyridine rings is 1. The lowest BCUT2D eigenvalue weighted by molar-refractivity contribution is 0.911. The van der Waals surface area contributed by atoms with E-state index in [4.69, 9.17) is 0 Å².